The number of oxazole rings is 1. The number of alkyl halides is 1. The lowest BCUT2D eigenvalue weighted by Gasteiger charge is -2.20. The standard InChI is InChI=1S/C14H16ClNO3/c1-8-10(5-6-18-8)13(15)9-3-4-11-12(7-9)19-14(17)16(11)2/h3-4,7-8,10,13H,5-6H2,1-2H3. The minimum absolute atomic E-state index is 0.118. The van der Waals surface area contributed by atoms with E-state index in [-0.39, 0.29) is 17.2 Å². The highest BCUT2D eigenvalue weighted by Crippen LogP contribution is 2.38. The second-order valence-electron chi connectivity index (χ2n) is 5.08. The van der Waals surface area contributed by atoms with Gasteiger partial charge in [0, 0.05) is 19.6 Å². The molecule has 0 aliphatic carbocycles. The van der Waals surface area contributed by atoms with Gasteiger partial charge in [0.15, 0.2) is 5.58 Å². The summed E-state index contributed by atoms with van der Waals surface area (Å²) in [4.78, 5) is 11.5. The fourth-order valence-corrected chi connectivity index (χ4v) is 3.17. The fraction of sp³-hybridized carbons (Fsp3) is 0.500. The van der Waals surface area contributed by atoms with Crippen molar-refractivity contribution in [2.75, 3.05) is 6.61 Å². The molecule has 0 radical (unpaired) electrons. The van der Waals surface area contributed by atoms with Crippen LogP contribution in [0, 0.1) is 5.92 Å². The maximum atomic E-state index is 11.5. The third-order valence-electron chi connectivity index (χ3n) is 3.95. The molecule has 1 fully saturated rings. The van der Waals surface area contributed by atoms with Gasteiger partial charge in [-0.3, -0.25) is 4.57 Å². The minimum atomic E-state index is -0.351. The molecule has 2 aromatic rings. The van der Waals surface area contributed by atoms with Crippen molar-refractivity contribution < 1.29 is 9.15 Å². The van der Waals surface area contributed by atoms with Crippen molar-refractivity contribution in [3.63, 3.8) is 0 Å². The summed E-state index contributed by atoms with van der Waals surface area (Å²) in [5.74, 6) is -0.0506. The largest absolute Gasteiger partial charge is 0.419 e. The topological polar surface area (TPSA) is 44.4 Å². The first-order valence-corrected chi connectivity index (χ1v) is 6.86. The van der Waals surface area contributed by atoms with Crippen LogP contribution in [0.15, 0.2) is 27.4 Å². The smallest absolute Gasteiger partial charge is 0.408 e. The highest BCUT2D eigenvalue weighted by molar-refractivity contribution is 6.21. The van der Waals surface area contributed by atoms with E-state index >= 15 is 0 Å². The molecule has 0 spiro atoms. The number of aromatic nitrogens is 1. The first-order valence-electron chi connectivity index (χ1n) is 6.43. The van der Waals surface area contributed by atoms with Crippen LogP contribution in [-0.2, 0) is 11.8 Å². The van der Waals surface area contributed by atoms with Crippen LogP contribution in [0.4, 0.5) is 0 Å². The molecular weight excluding hydrogens is 266 g/mol. The van der Waals surface area contributed by atoms with E-state index in [9.17, 15) is 4.79 Å². The van der Waals surface area contributed by atoms with Crippen molar-refractivity contribution >= 4 is 22.7 Å². The normalized spacial score (nSPS) is 25.0. The number of hydrogen-bond donors (Lipinski definition) is 0. The van der Waals surface area contributed by atoms with Crippen LogP contribution in [0.2, 0.25) is 0 Å². The van der Waals surface area contributed by atoms with E-state index in [4.69, 9.17) is 20.8 Å². The molecule has 1 aromatic heterocycles. The van der Waals surface area contributed by atoms with Crippen LogP contribution in [-0.4, -0.2) is 17.3 Å². The zero-order chi connectivity index (χ0) is 13.6. The van der Waals surface area contributed by atoms with Crippen LogP contribution < -0.4 is 5.76 Å². The maximum Gasteiger partial charge on any atom is 0.419 e. The fourth-order valence-electron chi connectivity index (χ4n) is 2.70. The Bertz CT molecular complexity index is 660. The molecule has 0 bridgehead atoms. The lowest BCUT2D eigenvalue weighted by Crippen LogP contribution is -2.16. The van der Waals surface area contributed by atoms with Gasteiger partial charge in [-0.15, -0.1) is 11.6 Å². The number of nitrogens with zero attached hydrogens (tertiary/aromatic N) is 1. The van der Waals surface area contributed by atoms with E-state index in [0.29, 0.717) is 11.5 Å². The number of rotatable bonds is 2. The third kappa shape index (κ3) is 2.09. The number of benzene rings is 1. The summed E-state index contributed by atoms with van der Waals surface area (Å²) in [6.45, 7) is 2.81. The van der Waals surface area contributed by atoms with E-state index in [2.05, 4.69) is 0 Å². The predicted octanol–water partition coefficient (Wildman–Crippen LogP) is 2.84. The third-order valence-corrected chi connectivity index (χ3v) is 4.52. The van der Waals surface area contributed by atoms with Gasteiger partial charge in [0.1, 0.15) is 0 Å². The number of aryl methyl sites for hydroxylation is 1. The SMILES string of the molecule is CC1OCCC1C(Cl)c1ccc2c(c1)oc(=O)n2C. The van der Waals surface area contributed by atoms with Crippen molar-refractivity contribution in [1.29, 1.82) is 0 Å². The summed E-state index contributed by atoms with van der Waals surface area (Å²) in [6.07, 6.45) is 1.13. The lowest BCUT2D eigenvalue weighted by molar-refractivity contribution is 0.105. The first kappa shape index (κ1) is 12.8. The van der Waals surface area contributed by atoms with Crippen molar-refractivity contribution in [1.82, 2.24) is 4.57 Å². The molecule has 1 aliphatic rings. The van der Waals surface area contributed by atoms with Crippen LogP contribution in [0.25, 0.3) is 11.1 Å². The van der Waals surface area contributed by atoms with Crippen LogP contribution in [0.5, 0.6) is 0 Å². The molecule has 19 heavy (non-hydrogen) atoms. The monoisotopic (exact) mass is 281 g/mol. The van der Waals surface area contributed by atoms with Crippen LogP contribution >= 0.6 is 11.6 Å². The first-order chi connectivity index (χ1) is 9.08. The molecule has 3 atom stereocenters. The quantitative estimate of drug-likeness (QED) is 0.795. The van der Waals surface area contributed by atoms with Gasteiger partial charge in [-0.2, -0.15) is 0 Å². The van der Waals surface area contributed by atoms with Crippen molar-refractivity contribution in [3.8, 4) is 0 Å². The molecule has 3 unspecified atom stereocenters. The highest BCUT2D eigenvalue weighted by Gasteiger charge is 2.31. The van der Waals surface area contributed by atoms with Gasteiger partial charge in [-0.05, 0) is 31.0 Å². The average molecular weight is 282 g/mol. The number of halogens is 1. The van der Waals surface area contributed by atoms with Gasteiger partial charge >= 0.3 is 5.76 Å². The van der Waals surface area contributed by atoms with Gasteiger partial charge in [0.05, 0.1) is 17.0 Å². The van der Waals surface area contributed by atoms with Gasteiger partial charge in [-0.25, -0.2) is 4.79 Å². The number of fused-ring (bicyclic) bond motifs is 1. The molecule has 3 rings (SSSR count). The molecule has 2 heterocycles. The van der Waals surface area contributed by atoms with E-state index < -0.39 is 0 Å². The molecule has 1 aromatic carbocycles. The predicted molar refractivity (Wildman–Crippen MR) is 73.6 cm³/mol. The van der Waals surface area contributed by atoms with Crippen molar-refractivity contribution in [2.45, 2.75) is 24.8 Å². The Morgan fingerprint density at radius 2 is 2.26 bits per heavy atom. The Kier molecular flexibility index (Phi) is 3.15. The van der Waals surface area contributed by atoms with Gasteiger partial charge in [0.25, 0.3) is 0 Å². The van der Waals surface area contributed by atoms with Gasteiger partial charge < -0.3 is 9.15 Å². The van der Waals surface area contributed by atoms with Crippen LogP contribution in [0.1, 0.15) is 24.3 Å². The number of ether oxygens (including phenoxy) is 1. The lowest BCUT2D eigenvalue weighted by atomic mass is 9.93. The molecular formula is C14H16ClNO3. The van der Waals surface area contributed by atoms with Crippen LogP contribution in [0.3, 0.4) is 0 Å². The molecule has 1 aliphatic heterocycles. The zero-order valence-corrected chi connectivity index (χ0v) is 11.7. The number of hydrogen-bond acceptors (Lipinski definition) is 3. The van der Waals surface area contributed by atoms with E-state index in [0.717, 1.165) is 24.1 Å². The van der Waals surface area contributed by atoms with Crippen molar-refractivity contribution in [3.05, 3.63) is 34.3 Å². The second-order valence-corrected chi connectivity index (χ2v) is 5.55. The summed E-state index contributed by atoms with van der Waals surface area (Å²) >= 11 is 6.55. The zero-order valence-electron chi connectivity index (χ0n) is 10.9. The summed E-state index contributed by atoms with van der Waals surface area (Å²) < 4.78 is 12.2. The highest BCUT2D eigenvalue weighted by atomic mass is 35.5. The second kappa shape index (κ2) is 4.69. The average Bonchev–Trinajstić information content (AvgIpc) is 2.93. The van der Waals surface area contributed by atoms with Gasteiger partial charge in [0.2, 0.25) is 0 Å². The molecule has 4 nitrogen and oxygen atoms in total. The summed E-state index contributed by atoms with van der Waals surface area (Å²) in [6, 6.07) is 5.70. The maximum absolute atomic E-state index is 11.5. The molecule has 102 valence electrons. The summed E-state index contributed by atoms with van der Waals surface area (Å²) in [5.41, 5.74) is 2.35. The van der Waals surface area contributed by atoms with E-state index in [1.165, 1.54) is 4.57 Å². The Labute approximate surface area is 115 Å². The van der Waals surface area contributed by atoms with E-state index in [1.807, 2.05) is 25.1 Å². The Hall–Kier alpha value is -1.26. The Morgan fingerprint density at radius 3 is 2.95 bits per heavy atom. The molecule has 0 amide bonds. The summed E-state index contributed by atoms with van der Waals surface area (Å²) in [7, 11) is 1.69. The van der Waals surface area contributed by atoms with E-state index in [1.54, 1.807) is 7.05 Å². The van der Waals surface area contributed by atoms with Gasteiger partial charge in [-0.1, -0.05) is 6.07 Å². The Balaban J connectivity index is 1.99. The molecule has 0 saturated carbocycles. The molecule has 5 heteroatoms. The van der Waals surface area contributed by atoms with Crippen molar-refractivity contribution in [2.24, 2.45) is 13.0 Å². The summed E-state index contributed by atoms with van der Waals surface area (Å²) in [5, 5.41) is -0.118. The molecule has 1 saturated heterocycles. The Morgan fingerprint density at radius 1 is 1.47 bits per heavy atom. The minimum Gasteiger partial charge on any atom is -0.408 e. The molecule has 0 N–H and O–H groups in total.